The van der Waals surface area contributed by atoms with Crippen molar-refractivity contribution in [1.29, 1.82) is 0 Å². The van der Waals surface area contributed by atoms with Crippen LogP contribution in [0.4, 0.5) is 0 Å². The molecule has 0 bridgehead atoms. The first-order valence-corrected chi connectivity index (χ1v) is 5.38. The molecule has 2 aliphatic rings. The number of amides is 1. The lowest BCUT2D eigenvalue weighted by Gasteiger charge is -2.45. The highest BCUT2D eigenvalue weighted by molar-refractivity contribution is 5.82. The van der Waals surface area contributed by atoms with E-state index in [1.54, 1.807) is 0 Å². The van der Waals surface area contributed by atoms with Crippen molar-refractivity contribution < 1.29 is 9.53 Å². The molecule has 0 aromatic heterocycles. The molecule has 1 heterocycles. The average molecular weight is 198 g/mol. The number of nitrogens with two attached hydrogens (primary N) is 1. The highest BCUT2D eigenvalue weighted by Crippen LogP contribution is 2.48. The molecule has 4 nitrogen and oxygen atoms in total. The van der Waals surface area contributed by atoms with Gasteiger partial charge in [0.05, 0.1) is 5.41 Å². The lowest BCUT2D eigenvalue weighted by Crippen LogP contribution is -2.52. The smallest absolute Gasteiger partial charge is 0.240 e. The summed E-state index contributed by atoms with van der Waals surface area (Å²) in [5.41, 5.74) is 2.11. The summed E-state index contributed by atoms with van der Waals surface area (Å²) in [5, 5.41) is 0. The average Bonchev–Trinajstić information content (AvgIpc) is 2.15. The Balaban J connectivity index is 2.13. The molecular weight excluding hydrogens is 180 g/mol. The molecular formula is C10H18N2O2. The molecule has 0 aromatic rings. The number of carbonyl (C=O) groups is 1. The van der Waals surface area contributed by atoms with Crippen LogP contribution in [0.15, 0.2) is 0 Å². The molecule has 2 rings (SSSR count). The van der Waals surface area contributed by atoms with E-state index in [4.69, 9.17) is 10.6 Å². The van der Waals surface area contributed by atoms with E-state index in [9.17, 15) is 4.79 Å². The molecule has 1 amide bonds. The summed E-state index contributed by atoms with van der Waals surface area (Å²) < 4.78 is 5.32. The highest BCUT2D eigenvalue weighted by atomic mass is 16.5. The quantitative estimate of drug-likeness (QED) is 0.387. The number of ether oxygens (including phenoxy) is 1. The van der Waals surface area contributed by atoms with Crippen LogP contribution in [0.1, 0.15) is 32.1 Å². The number of nitrogens with one attached hydrogen (secondary N) is 1. The zero-order chi connectivity index (χ0) is 10.0. The second-order valence-corrected chi connectivity index (χ2v) is 4.37. The lowest BCUT2D eigenvalue weighted by molar-refractivity contribution is -0.145. The fourth-order valence-corrected chi connectivity index (χ4v) is 2.66. The van der Waals surface area contributed by atoms with E-state index in [0.29, 0.717) is 19.1 Å². The summed E-state index contributed by atoms with van der Waals surface area (Å²) in [6.45, 7) is 1.40. The minimum absolute atomic E-state index is 0.0190. The van der Waals surface area contributed by atoms with Crippen LogP contribution in [0.25, 0.3) is 0 Å². The maximum Gasteiger partial charge on any atom is 0.240 e. The minimum Gasteiger partial charge on any atom is -0.381 e. The van der Waals surface area contributed by atoms with Gasteiger partial charge in [0.15, 0.2) is 0 Å². The van der Waals surface area contributed by atoms with Gasteiger partial charge in [-0.2, -0.15) is 0 Å². The molecule has 3 N–H and O–H groups in total. The number of hydrogen-bond donors (Lipinski definition) is 2. The lowest BCUT2D eigenvalue weighted by atomic mass is 9.61. The third-order valence-corrected chi connectivity index (χ3v) is 3.85. The Kier molecular flexibility index (Phi) is 2.74. The topological polar surface area (TPSA) is 64.3 Å². The molecule has 0 radical (unpaired) electrons. The summed E-state index contributed by atoms with van der Waals surface area (Å²) in [5.74, 6) is 5.82. The third-order valence-electron chi connectivity index (χ3n) is 3.85. The Bertz CT molecular complexity index is 220. The van der Waals surface area contributed by atoms with Crippen molar-refractivity contribution in [2.75, 3.05) is 13.2 Å². The van der Waals surface area contributed by atoms with Gasteiger partial charge < -0.3 is 4.74 Å². The zero-order valence-corrected chi connectivity index (χ0v) is 8.42. The molecule has 80 valence electrons. The van der Waals surface area contributed by atoms with Gasteiger partial charge in [-0.05, 0) is 31.6 Å². The van der Waals surface area contributed by atoms with Crippen molar-refractivity contribution in [3.05, 3.63) is 0 Å². The first-order chi connectivity index (χ1) is 6.79. The van der Waals surface area contributed by atoms with Crippen molar-refractivity contribution in [3.8, 4) is 0 Å². The molecule has 1 saturated carbocycles. The van der Waals surface area contributed by atoms with Crippen molar-refractivity contribution in [1.82, 2.24) is 5.43 Å². The molecule has 4 heteroatoms. The van der Waals surface area contributed by atoms with Crippen molar-refractivity contribution >= 4 is 5.91 Å². The normalized spacial score (nSPS) is 26.6. The van der Waals surface area contributed by atoms with Crippen LogP contribution in [0.5, 0.6) is 0 Å². The maximum atomic E-state index is 11.8. The predicted octanol–water partition coefficient (Wildman–Crippen LogP) is 0.573. The van der Waals surface area contributed by atoms with E-state index >= 15 is 0 Å². The SMILES string of the molecule is NNC(=O)C1(C2CCC2)CCOCC1. The van der Waals surface area contributed by atoms with Gasteiger partial charge in [-0.1, -0.05) is 6.42 Å². The van der Waals surface area contributed by atoms with E-state index in [1.165, 1.54) is 19.3 Å². The summed E-state index contributed by atoms with van der Waals surface area (Å²) in [4.78, 5) is 11.8. The fraction of sp³-hybridized carbons (Fsp3) is 0.900. The maximum absolute atomic E-state index is 11.8. The Morgan fingerprint density at radius 1 is 1.36 bits per heavy atom. The van der Waals surface area contributed by atoms with Crippen molar-refractivity contribution in [3.63, 3.8) is 0 Å². The van der Waals surface area contributed by atoms with E-state index in [-0.39, 0.29) is 11.3 Å². The number of hydrazine groups is 1. The summed E-state index contributed by atoms with van der Waals surface area (Å²) in [7, 11) is 0. The van der Waals surface area contributed by atoms with Crippen LogP contribution >= 0.6 is 0 Å². The third kappa shape index (κ3) is 1.42. The first-order valence-electron chi connectivity index (χ1n) is 5.38. The van der Waals surface area contributed by atoms with Gasteiger partial charge in [0.1, 0.15) is 0 Å². The van der Waals surface area contributed by atoms with Gasteiger partial charge in [-0.25, -0.2) is 5.84 Å². The second kappa shape index (κ2) is 3.87. The van der Waals surface area contributed by atoms with E-state index in [1.807, 2.05) is 0 Å². The number of hydrogen-bond acceptors (Lipinski definition) is 3. The molecule has 14 heavy (non-hydrogen) atoms. The van der Waals surface area contributed by atoms with Gasteiger partial charge in [-0.3, -0.25) is 10.2 Å². The molecule has 0 unspecified atom stereocenters. The van der Waals surface area contributed by atoms with Gasteiger partial charge in [0.2, 0.25) is 5.91 Å². The minimum atomic E-state index is -0.217. The standard InChI is InChI=1S/C10H18N2O2/c11-12-9(13)10(8-2-1-3-8)4-6-14-7-5-10/h8H,1-7,11H2,(H,12,13). The van der Waals surface area contributed by atoms with Gasteiger partial charge in [-0.15, -0.1) is 0 Å². The summed E-state index contributed by atoms with van der Waals surface area (Å²) in [6, 6.07) is 0. The molecule has 1 aliphatic carbocycles. The molecule has 0 spiro atoms. The fourth-order valence-electron chi connectivity index (χ4n) is 2.66. The largest absolute Gasteiger partial charge is 0.381 e. The van der Waals surface area contributed by atoms with Gasteiger partial charge >= 0.3 is 0 Å². The van der Waals surface area contributed by atoms with E-state index in [0.717, 1.165) is 12.8 Å². The molecule has 0 atom stereocenters. The van der Waals surface area contributed by atoms with Crippen LogP contribution in [-0.4, -0.2) is 19.1 Å². The van der Waals surface area contributed by atoms with Crippen LogP contribution in [0.2, 0.25) is 0 Å². The van der Waals surface area contributed by atoms with Crippen LogP contribution in [0.3, 0.4) is 0 Å². The molecule has 0 aromatic carbocycles. The second-order valence-electron chi connectivity index (χ2n) is 4.37. The number of rotatable bonds is 2. The highest BCUT2D eigenvalue weighted by Gasteiger charge is 2.48. The van der Waals surface area contributed by atoms with E-state index in [2.05, 4.69) is 5.43 Å². The summed E-state index contributed by atoms with van der Waals surface area (Å²) >= 11 is 0. The Labute approximate surface area is 84.1 Å². The molecule has 2 fully saturated rings. The summed E-state index contributed by atoms with van der Waals surface area (Å²) in [6.07, 6.45) is 5.27. The first kappa shape index (κ1) is 9.93. The van der Waals surface area contributed by atoms with Crippen LogP contribution in [0, 0.1) is 11.3 Å². The predicted molar refractivity (Wildman–Crippen MR) is 52.2 cm³/mol. The number of carbonyl (C=O) groups excluding carboxylic acids is 1. The Hall–Kier alpha value is -0.610. The van der Waals surface area contributed by atoms with Gasteiger partial charge in [0.25, 0.3) is 0 Å². The van der Waals surface area contributed by atoms with Crippen LogP contribution in [-0.2, 0) is 9.53 Å². The van der Waals surface area contributed by atoms with E-state index < -0.39 is 0 Å². The van der Waals surface area contributed by atoms with Gasteiger partial charge in [0, 0.05) is 13.2 Å². The monoisotopic (exact) mass is 198 g/mol. The van der Waals surface area contributed by atoms with Crippen molar-refractivity contribution in [2.45, 2.75) is 32.1 Å². The zero-order valence-electron chi connectivity index (χ0n) is 8.42. The molecule has 1 aliphatic heterocycles. The molecule has 1 saturated heterocycles. The Morgan fingerprint density at radius 3 is 2.43 bits per heavy atom. The van der Waals surface area contributed by atoms with Crippen LogP contribution < -0.4 is 11.3 Å². The van der Waals surface area contributed by atoms with Crippen molar-refractivity contribution in [2.24, 2.45) is 17.2 Å². The Morgan fingerprint density at radius 2 is 2.00 bits per heavy atom.